The van der Waals surface area contributed by atoms with Crippen LogP contribution in [-0.2, 0) is 4.79 Å². The number of rotatable bonds is 5. The van der Waals surface area contributed by atoms with Gasteiger partial charge in [0.1, 0.15) is 11.7 Å². The molecule has 0 aromatic heterocycles. The van der Waals surface area contributed by atoms with Crippen molar-refractivity contribution in [1.29, 1.82) is 0 Å². The molecule has 21 heavy (non-hydrogen) atoms. The van der Waals surface area contributed by atoms with E-state index in [1.54, 1.807) is 0 Å². The Labute approximate surface area is 125 Å². The molecule has 0 spiro atoms. The number of nitrogens with one attached hydrogen (secondary N) is 1. The van der Waals surface area contributed by atoms with Gasteiger partial charge in [0.2, 0.25) is 0 Å². The zero-order chi connectivity index (χ0) is 16.4. The zero-order valence-corrected chi connectivity index (χ0v) is 12.8. The lowest BCUT2D eigenvalue weighted by Crippen LogP contribution is -2.20. The number of aliphatic carboxylic acids is 1. The number of carboxylic acid groups (broad SMARTS) is 1. The summed E-state index contributed by atoms with van der Waals surface area (Å²) in [7, 11) is 3.75. The Balaban J connectivity index is 0.00000122. The lowest BCUT2D eigenvalue weighted by Gasteiger charge is -2.29. The fourth-order valence-electron chi connectivity index (χ4n) is 2.64. The van der Waals surface area contributed by atoms with E-state index < -0.39 is 17.6 Å². The molecule has 0 heterocycles. The van der Waals surface area contributed by atoms with Gasteiger partial charge in [-0.3, -0.25) is 4.79 Å². The lowest BCUT2D eigenvalue weighted by molar-refractivity contribution is -0.138. The summed E-state index contributed by atoms with van der Waals surface area (Å²) in [6, 6.07) is 0. The number of halogens is 2. The maximum Gasteiger partial charge on any atom is 0.303 e. The summed E-state index contributed by atoms with van der Waals surface area (Å²) in [6.07, 6.45) is 3.76. The van der Waals surface area contributed by atoms with Crippen LogP contribution >= 0.6 is 0 Å². The second-order valence-corrected chi connectivity index (χ2v) is 5.20. The molecule has 0 aliphatic heterocycles. The topological polar surface area (TPSA) is 49.3 Å². The second kappa shape index (κ2) is 10.3. The van der Waals surface area contributed by atoms with E-state index in [-0.39, 0.29) is 23.8 Å². The van der Waals surface area contributed by atoms with Crippen molar-refractivity contribution in [3.8, 4) is 0 Å². The zero-order valence-electron chi connectivity index (χ0n) is 12.8. The van der Waals surface area contributed by atoms with E-state index in [4.69, 9.17) is 5.11 Å². The number of hydrogen-bond acceptors (Lipinski definition) is 2. The third-order valence-electron chi connectivity index (χ3n) is 3.38. The van der Waals surface area contributed by atoms with Gasteiger partial charge in [0.25, 0.3) is 0 Å². The Morgan fingerprint density at radius 1 is 1.38 bits per heavy atom. The van der Waals surface area contributed by atoms with Gasteiger partial charge < -0.3 is 10.4 Å². The maximum atomic E-state index is 13.6. The van der Waals surface area contributed by atoms with Crippen LogP contribution in [0.3, 0.4) is 0 Å². The van der Waals surface area contributed by atoms with Crippen LogP contribution in [0.4, 0.5) is 8.78 Å². The van der Waals surface area contributed by atoms with E-state index in [1.807, 2.05) is 14.1 Å². The molecular formula is C16H25F2NO2. The number of carbonyl (C=O) groups is 1. The van der Waals surface area contributed by atoms with Crippen molar-refractivity contribution in [2.75, 3.05) is 14.1 Å². The summed E-state index contributed by atoms with van der Waals surface area (Å²) >= 11 is 0. The van der Waals surface area contributed by atoms with Crippen molar-refractivity contribution < 1.29 is 18.7 Å². The van der Waals surface area contributed by atoms with Crippen molar-refractivity contribution in [3.05, 3.63) is 36.5 Å². The van der Waals surface area contributed by atoms with Crippen LogP contribution in [0.1, 0.15) is 32.1 Å². The third kappa shape index (κ3) is 7.18. The first-order valence-corrected chi connectivity index (χ1v) is 7.04. The molecule has 0 radical (unpaired) electrons. The van der Waals surface area contributed by atoms with Gasteiger partial charge in [-0.1, -0.05) is 19.6 Å². The summed E-state index contributed by atoms with van der Waals surface area (Å²) in [5, 5.41) is 11.5. The van der Waals surface area contributed by atoms with E-state index in [9.17, 15) is 13.6 Å². The molecule has 1 rings (SSSR count). The molecule has 0 bridgehead atoms. The first-order chi connectivity index (χ1) is 9.87. The van der Waals surface area contributed by atoms with Gasteiger partial charge in [0.05, 0.1) is 0 Å². The Morgan fingerprint density at radius 2 is 1.95 bits per heavy atom. The molecule has 1 aliphatic carbocycles. The molecule has 2 unspecified atom stereocenters. The summed E-state index contributed by atoms with van der Waals surface area (Å²) in [5.74, 6) is -2.65. The minimum Gasteiger partial charge on any atom is -0.481 e. The van der Waals surface area contributed by atoms with Crippen molar-refractivity contribution in [2.24, 2.45) is 11.8 Å². The van der Waals surface area contributed by atoms with Gasteiger partial charge in [-0.15, -0.1) is 0 Å². The summed E-state index contributed by atoms with van der Waals surface area (Å²) in [5.41, 5.74) is -0.0416. The quantitative estimate of drug-likeness (QED) is 0.755. The van der Waals surface area contributed by atoms with E-state index in [0.29, 0.717) is 12.8 Å². The van der Waals surface area contributed by atoms with Gasteiger partial charge in [0.15, 0.2) is 0 Å². The summed E-state index contributed by atoms with van der Waals surface area (Å²) < 4.78 is 26.9. The largest absolute Gasteiger partial charge is 0.481 e. The maximum absolute atomic E-state index is 13.6. The number of allylic oxidation sites excluding steroid dienone is 4. The molecule has 5 heteroatoms. The predicted octanol–water partition coefficient (Wildman–Crippen LogP) is 4.00. The molecule has 0 aromatic carbocycles. The highest BCUT2D eigenvalue weighted by Crippen LogP contribution is 2.39. The molecule has 0 aromatic rings. The molecule has 1 fully saturated rings. The molecule has 3 nitrogen and oxygen atoms in total. The van der Waals surface area contributed by atoms with Crippen molar-refractivity contribution in [2.45, 2.75) is 32.1 Å². The third-order valence-corrected chi connectivity index (χ3v) is 3.38. The van der Waals surface area contributed by atoms with Crippen molar-refractivity contribution >= 4 is 5.97 Å². The van der Waals surface area contributed by atoms with Crippen LogP contribution in [0.25, 0.3) is 0 Å². The van der Waals surface area contributed by atoms with Gasteiger partial charge in [-0.25, -0.2) is 8.78 Å². The highest BCUT2D eigenvalue weighted by Gasteiger charge is 2.29. The Hall–Kier alpha value is -1.49. The van der Waals surface area contributed by atoms with E-state index >= 15 is 0 Å². The summed E-state index contributed by atoms with van der Waals surface area (Å²) in [6.45, 7) is 6.45. The van der Waals surface area contributed by atoms with Crippen LogP contribution in [0, 0.1) is 11.8 Å². The fraction of sp³-hybridized carbons (Fsp3) is 0.562. The molecule has 2 atom stereocenters. The highest BCUT2D eigenvalue weighted by molar-refractivity contribution is 5.67. The van der Waals surface area contributed by atoms with Crippen LogP contribution in [0.15, 0.2) is 36.5 Å². The summed E-state index contributed by atoms with van der Waals surface area (Å²) in [4.78, 5) is 10.7. The first-order valence-electron chi connectivity index (χ1n) is 7.04. The standard InChI is InChI=1S/C14H18F2O2.C2H7N/c1-3-12(16)14(9(2)15)11-6-4-5-10(7-11)8-13(17)18;1-3-2/h3,10-11H,1-2,4-8H2,(H,17,18);3H,1-2H3/b14-12-;. The SMILES string of the molecule is C=C/C(F)=C(\C(=C)F)C1CCCC(CC(=O)O)C1.CNC. The molecule has 0 amide bonds. The van der Waals surface area contributed by atoms with Crippen LogP contribution in [-0.4, -0.2) is 25.2 Å². The fourth-order valence-corrected chi connectivity index (χ4v) is 2.64. The van der Waals surface area contributed by atoms with Gasteiger partial charge in [-0.05, 0) is 51.3 Å². The smallest absolute Gasteiger partial charge is 0.303 e. The first kappa shape index (κ1) is 19.5. The average molecular weight is 301 g/mol. The van der Waals surface area contributed by atoms with Gasteiger partial charge in [-0.2, -0.15) is 0 Å². The Bertz CT molecular complexity index is 405. The minimum absolute atomic E-state index is 0.0202. The Morgan fingerprint density at radius 3 is 2.38 bits per heavy atom. The Kier molecular flexibility index (Phi) is 9.54. The highest BCUT2D eigenvalue weighted by atomic mass is 19.1. The molecular weight excluding hydrogens is 276 g/mol. The molecule has 120 valence electrons. The van der Waals surface area contributed by atoms with Crippen LogP contribution in [0.5, 0.6) is 0 Å². The normalized spacial score (nSPS) is 22.5. The van der Waals surface area contributed by atoms with Crippen molar-refractivity contribution in [1.82, 2.24) is 5.32 Å². The van der Waals surface area contributed by atoms with E-state index in [0.717, 1.165) is 18.9 Å². The number of hydrogen-bond donors (Lipinski definition) is 2. The molecule has 1 saturated carbocycles. The van der Waals surface area contributed by atoms with Crippen molar-refractivity contribution in [3.63, 3.8) is 0 Å². The van der Waals surface area contributed by atoms with E-state index in [1.165, 1.54) is 0 Å². The number of carboxylic acids is 1. The lowest BCUT2D eigenvalue weighted by atomic mass is 9.76. The van der Waals surface area contributed by atoms with Gasteiger partial charge >= 0.3 is 5.97 Å². The molecule has 2 N–H and O–H groups in total. The second-order valence-electron chi connectivity index (χ2n) is 5.20. The predicted molar refractivity (Wildman–Crippen MR) is 81.3 cm³/mol. The molecule has 0 saturated heterocycles. The minimum atomic E-state index is -0.866. The monoisotopic (exact) mass is 301 g/mol. The van der Waals surface area contributed by atoms with Crippen LogP contribution in [0.2, 0.25) is 0 Å². The van der Waals surface area contributed by atoms with Gasteiger partial charge in [0, 0.05) is 12.0 Å². The van der Waals surface area contributed by atoms with Crippen LogP contribution < -0.4 is 5.32 Å². The van der Waals surface area contributed by atoms with E-state index in [2.05, 4.69) is 18.5 Å². The molecule has 1 aliphatic rings. The average Bonchev–Trinajstić information content (AvgIpc) is 2.38.